The zero-order valence-corrected chi connectivity index (χ0v) is 17.9. The molecule has 0 aliphatic carbocycles. The molecule has 0 saturated carbocycles. The number of methoxy groups -OCH3 is 1. The summed E-state index contributed by atoms with van der Waals surface area (Å²) in [6.07, 6.45) is 3.39. The van der Waals surface area contributed by atoms with Crippen molar-refractivity contribution >= 4 is 17.7 Å². The maximum absolute atomic E-state index is 13.1. The average molecular weight is 408 g/mol. The molecule has 2 heterocycles. The number of hydrogen-bond acceptors (Lipinski definition) is 5. The van der Waals surface area contributed by atoms with E-state index in [0.29, 0.717) is 5.56 Å². The smallest absolute Gasteiger partial charge is 0.252 e. The summed E-state index contributed by atoms with van der Waals surface area (Å²) < 4.78 is 5.36. The summed E-state index contributed by atoms with van der Waals surface area (Å²) in [5.41, 5.74) is 2.22. The number of hydrogen-bond donors (Lipinski definition) is 1. The number of thioether (sulfide) groups is 1. The third-order valence-corrected chi connectivity index (χ3v) is 5.14. The summed E-state index contributed by atoms with van der Waals surface area (Å²) in [5.74, 6) is 0.548. The van der Waals surface area contributed by atoms with Crippen LogP contribution in [0.2, 0.25) is 0 Å². The van der Waals surface area contributed by atoms with Crippen molar-refractivity contribution < 1.29 is 9.53 Å². The van der Waals surface area contributed by atoms with Gasteiger partial charge >= 0.3 is 0 Å². The number of pyridine rings is 2. The van der Waals surface area contributed by atoms with Gasteiger partial charge in [0.25, 0.3) is 5.91 Å². The van der Waals surface area contributed by atoms with Crippen LogP contribution in [-0.2, 0) is 0 Å². The molecule has 6 heteroatoms. The van der Waals surface area contributed by atoms with E-state index < -0.39 is 6.04 Å². The molecular formula is C23H25N3O2S. The molecule has 0 unspecified atom stereocenters. The number of aromatic nitrogens is 2. The van der Waals surface area contributed by atoms with E-state index in [9.17, 15) is 4.79 Å². The van der Waals surface area contributed by atoms with Crippen molar-refractivity contribution in [2.45, 2.75) is 36.6 Å². The first-order valence-electron chi connectivity index (χ1n) is 9.36. The average Bonchev–Trinajstić information content (AvgIpc) is 2.71. The van der Waals surface area contributed by atoms with Crippen LogP contribution in [0.5, 0.6) is 5.75 Å². The van der Waals surface area contributed by atoms with Crippen molar-refractivity contribution in [1.82, 2.24) is 15.3 Å². The summed E-state index contributed by atoms with van der Waals surface area (Å²) in [5, 5.41) is 3.93. The van der Waals surface area contributed by atoms with E-state index in [2.05, 4.69) is 36.1 Å². The van der Waals surface area contributed by atoms with Crippen molar-refractivity contribution in [2.24, 2.45) is 0 Å². The number of rotatable bonds is 6. The predicted octanol–water partition coefficient (Wildman–Crippen LogP) is 4.90. The normalized spacial score (nSPS) is 12.3. The largest absolute Gasteiger partial charge is 0.497 e. The predicted molar refractivity (Wildman–Crippen MR) is 116 cm³/mol. The first-order valence-corrected chi connectivity index (χ1v) is 10.2. The highest BCUT2D eigenvalue weighted by Gasteiger charge is 2.21. The highest BCUT2D eigenvalue weighted by molar-refractivity contribution is 8.00. The molecule has 0 spiro atoms. The van der Waals surface area contributed by atoms with Gasteiger partial charge in [-0.15, -0.1) is 11.8 Å². The molecule has 150 valence electrons. The Bertz CT molecular complexity index is 971. The van der Waals surface area contributed by atoms with Gasteiger partial charge in [-0.05, 0) is 42.0 Å². The lowest BCUT2D eigenvalue weighted by molar-refractivity contribution is 0.0942. The maximum Gasteiger partial charge on any atom is 0.252 e. The van der Waals surface area contributed by atoms with E-state index in [4.69, 9.17) is 4.74 Å². The molecule has 0 fully saturated rings. The van der Waals surface area contributed by atoms with E-state index in [1.807, 2.05) is 48.5 Å². The fraction of sp³-hybridized carbons (Fsp3) is 0.261. The lowest BCUT2D eigenvalue weighted by atomic mass is 10.0. The Morgan fingerprint density at radius 1 is 1.03 bits per heavy atom. The minimum absolute atomic E-state index is 0.0131. The van der Waals surface area contributed by atoms with Gasteiger partial charge in [-0.1, -0.05) is 39.0 Å². The van der Waals surface area contributed by atoms with E-state index in [-0.39, 0.29) is 10.7 Å². The Hall–Kier alpha value is -2.86. The van der Waals surface area contributed by atoms with Gasteiger partial charge in [0.1, 0.15) is 5.75 Å². The van der Waals surface area contributed by atoms with Crippen LogP contribution in [-0.4, -0.2) is 27.7 Å². The minimum Gasteiger partial charge on any atom is -0.497 e. The van der Waals surface area contributed by atoms with Gasteiger partial charge in [-0.2, -0.15) is 0 Å². The van der Waals surface area contributed by atoms with Gasteiger partial charge in [0.2, 0.25) is 0 Å². The molecule has 0 aliphatic heterocycles. The molecule has 5 nitrogen and oxygen atoms in total. The Balaban J connectivity index is 1.90. The second kappa shape index (κ2) is 9.09. The van der Waals surface area contributed by atoms with E-state index in [1.165, 1.54) is 0 Å². The van der Waals surface area contributed by atoms with Gasteiger partial charge in [-0.3, -0.25) is 9.78 Å². The number of amides is 1. The molecule has 3 rings (SSSR count). The molecule has 2 aromatic heterocycles. The summed E-state index contributed by atoms with van der Waals surface area (Å²) in [4.78, 5) is 21.9. The maximum atomic E-state index is 13.1. The fourth-order valence-electron chi connectivity index (χ4n) is 2.83. The number of carbonyl (C=O) groups excluding carboxylic acids is 1. The van der Waals surface area contributed by atoms with Crippen molar-refractivity contribution in [2.75, 3.05) is 7.11 Å². The van der Waals surface area contributed by atoms with E-state index in [0.717, 1.165) is 22.0 Å². The van der Waals surface area contributed by atoms with Gasteiger partial charge in [-0.25, -0.2) is 4.98 Å². The van der Waals surface area contributed by atoms with Gasteiger partial charge in [0, 0.05) is 22.7 Å². The molecule has 29 heavy (non-hydrogen) atoms. The second-order valence-electron chi connectivity index (χ2n) is 7.53. The number of benzene rings is 1. The number of carbonyl (C=O) groups is 1. The number of ether oxygens (including phenoxy) is 1. The van der Waals surface area contributed by atoms with Gasteiger partial charge < -0.3 is 10.1 Å². The molecule has 0 aliphatic rings. The monoisotopic (exact) mass is 407 g/mol. The van der Waals surface area contributed by atoms with Crippen LogP contribution in [0.4, 0.5) is 0 Å². The molecule has 1 atom stereocenters. The van der Waals surface area contributed by atoms with Crippen molar-refractivity contribution in [1.29, 1.82) is 0 Å². The van der Waals surface area contributed by atoms with E-state index >= 15 is 0 Å². The molecule has 0 bridgehead atoms. The van der Waals surface area contributed by atoms with Gasteiger partial charge in [0.05, 0.1) is 23.9 Å². The summed E-state index contributed by atoms with van der Waals surface area (Å²) >= 11 is 1.63. The van der Waals surface area contributed by atoms with Crippen LogP contribution in [0.25, 0.3) is 0 Å². The molecule has 0 radical (unpaired) electrons. The first kappa shape index (κ1) is 20.9. The summed E-state index contributed by atoms with van der Waals surface area (Å²) in [6.45, 7) is 6.35. The first-order chi connectivity index (χ1) is 13.9. The van der Waals surface area contributed by atoms with Gasteiger partial charge in [0.15, 0.2) is 0 Å². The Kier molecular flexibility index (Phi) is 6.54. The molecular weight excluding hydrogens is 382 g/mol. The van der Waals surface area contributed by atoms with E-state index in [1.54, 1.807) is 37.3 Å². The van der Waals surface area contributed by atoms with Crippen LogP contribution >= 0.6 is 11.8 Å². The lowest BCUT2D eigenvalue weighted by Crippen LogP contribution is -2.30. The molecule has 1 N–H and O–H groups in total. The zero-order chi connectivity index (χ0) is 20.9. The number of nitrogens with one attached hydrogen (secondary N) is 1. The topological polar surface area (TPSA) is 64.1 Å². The summed E-state index contributed by atoms with van der Waals surface area (Å²) in [7, 11) is 1.62. The quantitative estimate of drug-likeness (QED) is 0.589. The standard InChI is InChI=1S/C23H25N3O2S/c1-23(2,3)29-20-15-17(11-13-25-20)22(27)26-21(19-10-5-6-12-24-19)16-8-7-9-18(14-16)28-4/h5-15,21H,1-4H3,(H,26,27)/t21-/m1/s1. The fourth-order valence-corrected chi connectivity index (χ4v) is 3.76. The minimum atomic E-state index is -0.398. The van der Waals surface area contributed by atoms with Crippen LogP contribution in [0.15, 0.2) is 72.0 Å². The second-order valence-corrected chi connectivity index (χ2v) is 9.38. The molecule has 3 aromatic rings. The molecule has 1 aromatic carbocycles. The lowest BCUT2D eigenvalue weighted by Gasteiger charge is -2.20. The Morgan fingerprint density at radius 3 is 2.55 bits per heavy atom. The third-order valence-electron chi connectivity index (χ3n) is 4.09. The van der Waals surface area contributed by atoms with Crippen molar-refractivity contribution in [3.63, 3.8) is 0 Å². The Morgan fingerprint density at radius 2 is 1.86 bits per heavy atom. The third kappa shape index (κ3) is 5.81. The highest BCUT2D eigenvalue weighted by atomic mass is 32.2. The van der Waals surface area contributed by atoms with Crippen LogP contribution in [0.3, 0.4) is 0 Å². The highest BCUT2D eigenvalue weighted by Crippen LogP contribution is 2.31. The van der Waals surface area contributed by atoms with Crippen LogP contribution in [0.1, 0.15) is 48.4 Å². The molecule has 0 saturated heterocycles. The zero-order valence-electron chi connectivity index (χ0n) is 17.0. The number of nitrogens with zero attached hydrogens (tertiary/aromatic N) is 2. The van der Waals surface area contributed by atoms with Crippen LogP contribution < -0.4 is 10.1 Å². The van der Waals surface area contributed by atoms with Crippen molar-refractivity contribution in [3.05, 3.63) is 83.8 Å². The van der Waals surface area contributed by atoms with Crippen molar-refractivity contribution in [3.8, 4) is 5.75 Å². The Labute approximate surface area is 175 Å². The van der Waals surface area contributed by atoms with Crippen LogP contribution in [0, 0.1) is 0 Å². The SMILES string of the molecule is COc1cccc([C@@H](NC(=O)c2ccnc(SC(C)(C)C)c2)c2ccccn2)c1. The summed E-state index contributed by atoms with van der Waals surface area (Å²) in [6, 6.07) is 16.5. The molecule has 1 amide bonds.